The minimum Gasteiger partial charge on any atom is -0.507 e. The van der Waals surface area contributed by atoms with Gasteiger partial charge in [0.2, 0.25) is 0 Å². The summed E-state index contributed by atoms with van der Waals surface area (Å²) >= 11 is 0. The molecule has 1 amide bonds. The molecule has 2 aromatic rings. The minimum absolute atomic E-state index is 0.0239. The largest absolute Gasteiger partial charge is 0.507 e. The molecule has 1 fully saturated rings. The van der Waals surface area contributed by atoms with Gasteiger partial charge in [0.1, 0.15) is 17.3 Å². The second kappa shape index (κ2) is 8.87. The van der Waals surface area contributed by atoms with E-state index < -0.39 is 23.5 Å². The first-order valence-electron chi connectivity index (χ1n) is 9.15. The Bertz CT molecular complexity index is 921. The molecule has 0 bridgehead atoms. The number of amides is 1. The van der Waals surface area contributed by atoms with Crippen LogP contribution < -0.4 is 4.74 Å². The molecular weight excluding hydrogens is 377 g/mol. The van der Waals surface area contributed by atoms with Gasteiger partial charge in [-0.05, 0) is 48.4 Å². The first kappa shape index (κ1) is 20.5. The lowest BCUT2D eigenvalue weighted by atomic mass is 9.95. The lowest BCUT2D eigenvalue weighted by Gasteiger charge is -2.25. The summed E-state index contributed by atoms with van der Waals surface area (Å²) in [5, 5.41) is 10.9. The van der Waals surface area contributed by atoms with Gasteiger partial charge in [0.15, 0.2) is 0 Å². The number of ether oxygens (including phenoxy) is 2. The van der Waals surface area contributed by atoms with Crippen LogP contribution in [0.25, 0.3) is 5.76 Å². The van der Waals surface area contributed by atoms with Crippen LogP contribution in [0.4, 0.5) is 4.39 Å². The summed E-state index contributed by atoms with van der Waals surface area (Å²) < 4.78 is 23.6. The molecule has 1 saturated heterocycles. The molecule has 3 rings (SSSR count). The van der Waals surface area contributed by atoms with Gasteiger partial charge >= 0.3 is 0 Å². The summed E-state index contributed by atoms with van der Waals surface area (Å²) in [6.45, 7) is 0.678. The standard InChI is InChI=1S/C22H22FNO5/c1-28-13-3-12-24-19(14-4-8-16(23)9-5-14)18(21(26)22(24)27)20(25)15-6-10-17(29-2)11-7-15/h4-11,19,25H,3,12-13H2,1-2H3/b20-18+. The number of hydrogen-bond acceptors (Lipinski definition) is 5. The first-order chi connectivity index (χ1) is 14.0. The molecule has 2 aromatic carbocycles. The fourth-order valence-corrected chi connectivity index (χ4v) is 3.39. The Morgan fingerprint density at radius 3 is 2.31 bits per heavy atom. The van der Waals surface area contributed by atoms with E-state index in [1.807, 2.05) is 0 Å². The van der Waals surface area contributed by atoms with Gasteiger partial charge < -0.3 is 19.5 Å². The number of ketones is 1. The van der Waals surface area contributed by atoms with Crippen LogP contribution in [0.3, 0.4) is 0 Å². The fourth-order valence-electron chi connectivity index (χ4n) is 3.39. The monoisotopic (exact) mass is 399 g/mol. The summed E-state index contributed by atoms with van der Waals surface area (Å²) in [6.07, 6.45) is 0.518. The van der Waals surface area contributed by atoms with E-state index >= 15 is 0 Å². The highest BCUT2D eigenvalue weighted by Crippen LogP contribution is 2.39. The third kappa shape index (κ3) is 4.14. The van der Waals surface area contributed by atoms with Crippen LogP contribution in [0, 0.1) is 5.82 Å². The Morgan fingerprint density at radius 1 is 1.07 bits per heavy atom. The molecular formula is C22H22FNO5. The van der Waals surface area contributed by atoms with Crippen LogP contribution in [-0.4, -0.2) is 49.1 Å². The predicted molar refractivity (Wildman–Crippen MR) is 105 cm³/mol. The molecule has 7 heteroatoms. The fraction of sp³-hybridized carbons (Fsp3) is 0.273. The lowest BCUT2D eigenvalue weighted by Crippen LogP contribution is -2.31. The average molecular weight is 399 g/mol. The van der Waals surface area contributed by atoms with Crippen molar-refractivity contribution < 1.29 is 28.6 Å². The highest BCUT2D eigenvalue weighted by molar-refractivity contribution is 6.46. The first-order valence-corrected chi connectivity index (χ1v) is 9.15. The quantitative estimate of drug-likeness (QED) is 0.335. The number of hydrogen-bond donors (Lipinski definition) is 1. The third-order valence-electron chi connectivity index (χ3n) is 4.84. The van der Waals surface area contributed by atoms with Crippen molar-refractivity contribution in [2.45, 2.75) is 12.5 Å². The average Bonchev–Trinajstić information content (AvgIpc) is 2.99. The maximum absolute atomic E-state index is 13.4. The molecule has 0 spiro atoms. The summed E-state index contributed by atoms with van der Waals surface area (Å²) in [5.74, 6) is -1.60. The van der Waals surface area contributed by atoms with Gasteiger partial charge in [-0.1, -0.05) is 12.1 Å². The number of halogens is 1. The molecule has 0 saturated carbocycles. The van der Waals surface area contributed by atoms with E-state index in [1.54, 1.807) is 31.4 Å². The summed E-state index contributed by atoms with van der Waals surface area (Å²) in [7, 11) is 3.07. The Balaban J connectivity index is 2.09. The highest BCUT2D eigenvalue weighted by Gasteiger charge is 2.45. The number of rotatable bonds is 7. The second-order valence-electron chi connectivity index (χ2n) is 6.62. The maximum atomic E-state index is 13.4. The number of carbonyl (C=O) groups is 2. The smallest absolute Gasteiger partial charge is 0.295 e. The zero-order chi connectivity index (χ0) is 21.0. The van der Waals surface area contributed by atoms with E-state index in [0.717, 1.165) is 0 Å². The zero-order valence-corrected chi connectivity index (χ0v) is 16.2. The van der Waals surface area contributed by atoms with Crippen LogP contribution >= 0.6 is 0 Å². The molecule has 0 aliphatic carbocycles. The Morgan fingerprint density at radius 2 is 1.72 bits per heavy atom. The Hall–Kier alpha value is -3.19. The van der Waals surface area contributed by atoms with Gasteiger partial charge in [-0.2, -0.15) is 0 Å². The van der Waals surface area contributed by atoms with E-state index in [4.69, 9.17) is 9.47 Å². The van der Waals surface area contributed by atoms with Crippen molar-refractivity contribution in [2.75, 3.05) is 27.4 Å². The summed E-state index contributed by atoms with van der Waals surface area (Å²) in [5.41, 5.74) is 0.898. The van der Waals surface area contributed by atoms with Crippen molar-refractivity contribution in [3.8, 4) is 5.75 Å². The lowest BCUT2D eigenvalue weighted by molar-refractivity contribution is -0.140. The molecule has 1 aliphatic rings. The van der Waals surface area contributed by atoms with Crippen LogP contribution in [0.1, 0.15) is 23.6 Å². The molecule has 1 N–H and O–H groups in total. The number of Topliss-reactive ketones (excluding diaryl/α,β-unsaturated/α-hetero) is 1. The van der Waals surface area contributed by atoms with Gasteiger partial charge in [-0.3, -0.25) is 9.59 Å². The Kier molecular flexibility index (Phi) is 6.29. The second-order valence-corrected chi connectivity index (χ2v) is 6.62. The summed E-state index contributed by atoms with van der Waals surface area (Å²) in [4.78, 5) is 26.9. The number of aliphatic hydroxyl groups is 1. The van der Waals surface area contributed by atoms with Crippen LogP contribution in [-0.2, 0) is 14.3 Å². The van der Waals surface area contributed by atoms with Crippen molar-refractivity contribution in [1.29, 1.82) is 0 Å². The minimum atomic E-state index is -0.811. The Labute approximate surface area is 168 Å². The molecule has 0 radical (unpaired) electrons. The topological polar surface area (TPSA) is 76.1 Å². The van der Waals surface area contributed by atoms with E-state index in [2.05, 4.69) is 0 Å². The van der Waals surface area contributed by atoms with E-state index in [-0.39, 0.29) is 17.9 Å². The van der Waals surface area contributed by atoms with Gasteiger partial charge in [0, 0.05) is 25.8 Å². The number of nitrogens with zero attached hydrogens (tertiary/aromatic N) is 1. The van der Waals surface area contributed by atoms with Crippen LogP contribution in [0.15, 0.2) is 54.1 Å². The molecule has 0 aromatic heterocycles. The van der Waals surface area contributed by atoms with Gasteiger partial charge in [-0.25, -0.2) is 4.39 Å². The predicted octanol–water partition coefficient (Wildman–Crippen LogP) is 3.29. The normalized spacial score (nSPS) is 18.3. The molecule has 1 unspecified atom stereocenters. The molecule has 1 atom stereocenters. The van der Waals surface area contributed by atoms with E-state index in [9.17, 15) is 19.1 Å². The van der Waals surface area contributed by atoms with Crippen LogP contribution in [0.5, 0.6) is 5.75 Å². The SMILES string of the molecule is COCCCN1C(=O)C(=O)/C(=C(/O)c2ccc(OC)cc2)C1c1ccc(F)cc1. The number of likely N-dealkylation sites (tertiary alicyclic amines) is 1. The summed E-state index contributed by atoms with van der Waals surface area (Å²) in [6, 6.07) is 11.2. The van der Waals surface area contributed by atoms with Crippen molar-refractivity contribution in [2.24, 2.45) is 0 Å². The molecule has 1 aliphatic heterocycles. The van der Waals surface area contributed by atoms with Gasteiger partial charge in [-0.15, -0.1) is 0 Å². The van der Waals surface area contributed by atoms with Crippen LogP contribution in [0.2, 0.25) is 0 Å². The molecule has 6 nitrogen and oxygen atoms in total. The van der Waals surface area contributed by atoms with E-state index in [1.165, 1.54) is 36.3 Å². The van der Waals surface area contributed by atoms with Gasteiger partial charge in [0.25, 0.3) is 11.7 Å². The number of carbonyl (C=O) groups excluding carboxylic acids is 2. The van der Waals surface area contributed by atoms with E-state index in [0.29, 0.717) is 29.9 Å². The van der Waals surface area contributed by atoms with Crippen molar-refractivity contribution >= 4 is 17.4 Å². The highest BCUT2D eigenvalue weighted by atomic mass is 19.1. The number of methoxy groups -OCH3 is 2. The third-order valence-corrected chi connectivity index (χ3v) is 4.84. The zero-order valence-electron chi connectivity index (χ0n) is 16.2. The van der Waals surface area contributed by atoms with Crippen molar-refractivity contribution in [3.05, 3.63) is 71.0 Å². The molecule has 29 heavy (non-hydrogen) atoms. The number of benzene rings is 2. The van der Waals surface area contributed by atoms with Crippen molar-refractivity contribution in [1.82, 2.24) is 4.90 Å². The molecule has 152 valence electrons. The van der Waals surface area contributed by atoms with Gasteiger partial charge in [0.05, 0.1) is 18.7 Å². The maximum Gasteiger partial charge on any atom is 0.295 e. The van der Waals surface area contributed by atoms with Crippen molar-refractivity contribution in [3.63, 3.8) is 0 Å². The molecule has 1 heterocycles. The number of aliphatic hydroxyl groups excluding tert-OH is 1.